The molecule has 66 valence electrons. The number of benzene rings is 1. The maximum Gasteiger partial charge on any atom is 0.151 e. The van der Waals surface area contributed by atoms with Crippen molar-refractivity contribution in [3.8, 4) is 6.07 Å². The first-order chi connectivity index (χ1) is 6.19. The fourth-order valence-electron chi connectivity index (χ4n) is 1.13. The van der Waals surface area contributed by atoms with Crippen LogP contribution in [0.15, 0.2) is 18.2 Å². The summed E-state index contributed by atoms with van der Waals surface area (Å²) in [6, 6.07) is 7.36. The molecular weight excluding hydrogens is 162 g/mol. The Morgan fingerprint density at radius 2 is 2.15 bits per heavy atom. The van der Waals surface area contributed by atoms with Gasteiger partial charge in [-0.05, 0) is 17.5 Å². The monoisotopic (exact) mass is 173 g/mol. The van der Waals surface area contributed by atoms with Gasteiger partial charge >= 0.3 is 0 Å². The van der Waals surface area contributed by atoms with Crippen molar-refractivity contribution >= 4 is 6.29 Å². The number of nitrogens with zero attached hydrogens (tertiary/aromatic N) is 1. The molecule has 0 amide bonds. The van der Waals surface area contributed by atoms with Crippen LogP contribution in [0.5, 0.6) is 0 Å². The summed E-state index contributed by atoms with van der Waals surface area (Å²) in [5.41, 5.74) is 2.01. The molecule has 0 aliphatic heterocycles. The van der Waals surface area contributed by atoms with Crippen molar-refractivity contribution in [1.29, 1.82) is 5.26 Å². The van der Waals surface area contributed by atoms with Gasteiger partial charge in [0.15, 0.2) is 6.29 Å². The summed E-state index contributed by atoms with van der Waals surface area (Å²) >= 11 is 0. The summed E-state index contributed by atoms with van der Waals surface area (Å²) in [5.74, 6) is 0.382. The van der Waals surface area contributed by atoms with Crippen LogP contribution in [0.3, 0.4) is 0 Å². The Morgan fingerprint density at radius 3 is 2.62 bits per heavy atom. The molecule has 0 heterocycles. The highest BCUT2D eigenvalue weighted by Gasteiger charge is 2.04. The third kappa shape index (κ3) is 1.94. The van der Waals surface area contributed by atoms with Crippen LogP contribution in [0.25, 0.3) is 0 Å². The quantitative estimate of drug-likeness (QED) is 0.644. The number of carbonyl (C=O) groups excluding carboxylic acids is 1. The van der Waals surface area contributed by atoms with Crippen LogP contribution in [0, 0.1) is 11.3 Å². The Bertz CT molecular complexity index is 361. The van der Waals surface area contributed by atoms with E-state index in [2.05, 4.69) is 13.8 Å². The summed E-state index contributed by atoms with van der Waals surface area (Å²) in [4.78, 5) is 10.5. The third-order valence-corrected chi connectivity index (χ3v) is 1.99. The summed E-state index contributed by atoms with van der Waals surface area (Å²) in [6.45, 7) is 4.11. The molecule has 0 unspecified atom stereocenters. The first-order valence-electron chi connectivity index (χ1n) is 4.18. The smallest absolute Gasteiger partial charge is 0.151 e. The van der Waals surface area contributed by atoms with Crippen LogP contribution in [0.2, 0.25) is 0 Å². The molecule has 1 aromatic rings. The zero-order valence-electron chi connectivity index (χ0n) is 7.74. The first kappa shape index (κ1) is 9.47. The van der Waals surface area contributed by atoms with Crippen molar-refractivity contribution in [2.45, 2.75) is 19.8 Å². The summed E-state index contributed by atoms with van der Waals surface area (Å²) in [7, 11) is 0. The Balaban J connectivity index is 3.23. The molecule has 1 rings (SSSR count). The number of aldehydes is 1. The van der Waals surface area contributed by atoms with Crippen LogP contribution in [0.4, 0.5) is 0 Å². The molecule has 0 N–H and O–H groups in total. The molecular formula is C11H11NO. The number of hydrogen-bond donors (Lipinski definition) is 0. The average molecular weight is 173 g/mol. The predicted molar refractivity (Wildman–Crippen MR) is 50.6 cm³/mol. The number of carbonyl (C=O) groups is 1. The van der Waals surface area contributed by atoms with Gasteiger partial charge in [0.2, 0.25) is 0 Å². The van der Waals surface area contributed by atoms with E-state index in [1.807, 2.05) is 12.1 Å². The molecule has 2 heteroatoms. The lowest BCUT2D eigenvalue weighted by Crippen LogP contribution is -1.92. The van der Waals surface area contributed by atoms with Crippen molar-refractivity contribution in [2.75, 3.05) is 0 Å². The van der Waals surface area contributed by atoms with Gasteiger partial charge in [0.25, 0.3) is 0 Å². The molecule has 2 nitrogen and oxygen atoms in total. The highest BCUT2D eigenvalue weighted by Crippen LogP contribution is 2.17. The Hall–Kier alpha value is -1.62. The van der Waals surface area contributed by atoms with Gasteiger partial charge in [-0.1, -0.05) is 26.0 Å². The Labute approximate surface area is 77.8 Å². The van der Waals surface area contributed by atoms with Gasteiger partial charge in [0.05, 0.1) is 11.6 Å². The molecule has 13 heavy (non-hydrogen) atoms. The molecule has 0 bridgehead atoms. The van der Waals surface area contributed by atoms with E-state index in [9.17, 15) is 4.79 Å². The SMILES string of the molecule is CC(C)c1ccc(C=O)c(C#N)c1. The number of nitriles is 1. The fourth-order valence-corrected chi connectivity index (χ4v) is 1.13. The van der Waals surface area contributed by atoms with E-state index in [0.29, 0.717) is 23.3 Å². The number of rotatable bonds is 2. The second kappa shape index (κ2) is 3.86. The summed E-state index contributed by atoms with van der Waals surface area (Å²) in [5, 5.41) is 8.75. The minimum atomic E-state index is 0.382. The van der Waals surface area contributed by atoms with Gasteiger partial charge < -0.3 is 0 Å². The zero-order valence-corrected chi connectivity index (χ0v) is 7.74. The van der Waals surface area contributed by atoms with Gasteiger partial charge in [-0.25, -0.2) is 0 Å². The van der Waals surface area contributed by atoms with Crippen molar-refractivity contribution in [2.24, 2.45) is 0 Å². The van der Waals surface area contributed by atoms with E-state index in [0.717, 1.165) is 5.56 Å². The van der Waals surface area contributed by atoms with Crippen molar-refractivity contribution < 1.29 is 4.79 Å². The lowest BCUT2D eigenvalue weighted by Gasteiger charge is -2.05. The van der Waals surface area contributed by atoms with E-state index in [1.165, 1.54) is 0 Å². The minimum absolute atomic E-state index is 0.382. The van der Waals surface area contributed by atoms with Gasteiger partial charge in [-0.3, -0.25) is 4.79 Å². The van der Waals surface area contributed by atoms with Crippen LogP contribution < -0.4 is 0 Å². The molecule has 1 aromatic carbocycles. The first-order valence-corrected chi connectivity index (χ1v) is 4.18. The molecule has 0 saturated carbocycles. The molecule has 0 saturated heterocycles. The van der Waals surface area contributed by atoms with E-state index in [1.54, 1.807) is 12.1 Å². The fraction of sp³-hybridized carbons (Fsp3) is 0.273. The van der Waals surface area contributed by atoms with Crippen molar-refractivity contribution in [1.82, 2.24) is 0 Å². The highest BCUT2D eigenvalue weighted by molar-refractivity contribution is 5.79. The second-order valence-electron chi connectivity index (χ2n) is 3.23. The predicted octanol–water partition coefficient (Wildman–Crippen LogP) is 2.49. The van der Waals surface area contributed by atoms with Gasteiger partial charge in [0, 0.05) is 5.56 Å². The Kier molecular flexibility index (Phi) is 2.81. The summed E-state index contributed by atoms with van der Waals surface area (Å²) in [6.07, 6.45) is 0.711. The standard InChI is InChI=1S/C11H11NO/c1-8(2)9-3-4-10(7-13)11(5-9)6-12/h3-5,7-8H,1-2H3. The minimum Gasteiger partial charge on any atom is -0.298 e. The highest BCUT2D eigenvalue weighted by atomic mass is 16.1. The van der Waals surface area contributed by atoms with E-state index < -0.39 is 0 Å². The molecule has 0 radical (unpaired) electrons. The number of hydrogen-bond acceptors (Lipinski definition) is 2. The van der Waals surface area contributed by atoms with Crippen LogP contribution in [-0.2, 0) is 0 Å². The van der Waals surface area contributed by atoms with Crippen LogP contribution in [0.1, 0.15) is 41.3 Å². The molecule has 0 fully saturated rings. The molecule has 0 spiro atoms. The third-order valence-electron chi connectivity index (χ3n) is 1.99. The lowest BCUT2D eigenvalue weighted by molar-refractivity contribution is 0.112. The average Bonchev–Trinajstić information content (AvgIpc) is 2.16. The van der Waals surface area contributed by atoms with Crippen LogP contribution in [-0.4, -0.2) is 6.29 Å². The van der Waals surface area contributed by atoms with E-state index >= 15 is 0 Å². The Morgan fingerprint density at radius 1 is 1.46 bits per heavy atom. The van der Waals surface area contributed by atoms with E-state index in [4.69, 9.17) is 5.26 Å². The maximum absolute atomic E-state index is 10.5. The van der Waals surface area contributed by atoms with Gasteiger partial charge in [-0.2, -0.15) is 5.26 Å². The maximum atomic E-state index is 10.5. The van der Waals surface area contributed by atoms with Crippen molar-refractivity contribution in [3.63, 3.8) is 0 Å². The van der Waals surface area contributed by atoms with Crippen molar-refractivity contribution in [3.05, 3.63) is 34.9 Å². The van der Waals surface area contributed by atoms with Crippen LogP contribution >= 0.6 is 0 Å². The molecule has 0 aliphatic carbocycles. The second-order valence-corrected chi connectivity index (χ2v) is 3.23. The molecule has 0 aliphatic rings. The zero-order chi connectivity index (χ0) is 9.84. The van der Waals surface area contributed by atoms with Gasteiger partial charge in [-0.15, -0.1) is 0 Å². The summed E-state index contributed by atoms with van der Waals surface area (Å²) < 4.78 is 0. The molecule has 0 atom stereocenters. The normalized spacial score (nSPS) is 9.69. The largest absolute Gasteiger partial charge is 0.298 e. The van der Waals surface area contributed by atoms with E-state index in [-0.39, 0.29) is 0 Å². The topological polar surface area (TPSA) is 40.9 Å². The lowest BCUT2D eigenvalue weighted by atomic mass is 9.98. The van der Waals surface area contributed by atoms with Gasteiger partial charge in [0.1, 0.15) is 0 Å². The molecule has 0 aromatic heterocycles.